The maximum atomic E-state index is 13.3. The van der Waals surface area contributed by atoms with Gasteiger partial charge >= 0.3 is 0 Å². The molecule has 128 valence electrons. The SMILES string of the molecule is O=c1ccc(C2(NCc3cc4ccc(F)cc4[nH]c3=O)CCC2)c[nH]1. The fourth-order valence-corrected chi connectivity index (χ4v) is 3.42. The van der Waals surface area contributed by atoms with E-state index in [2.05, 4.69) is 15.3 Å². The van der Waals surface area contributed by atoms with Crippen molar-refractivity contribution < 1.29 is 4.39 Å². The molecular formula is C19H18FN3O2. The summed E-state index contributed by atoms with van der Waals surface area (Å²) in [6.45, 7) is 0.405. The number of rotatable bonds is 4. The highest BCUT2D eigenvalue weighted by molar-refractivity contribution is 5.78. The zero-order chi connectivity index (χ0) is 17.4. The predicted octanol–water partition coefficient (Wildman–Crippen LogP) is 2.52. The zero-order valence-electron chi connectivity index (χ0n) is 13.6. The minimum absolute atomic E-state index is 0.128. The molecule has 5 nitrogen and oxygen atoms in total. The van der Waals surface area contributed by atoms with Crippen molar-refractivity contribution in [2.45, 2.75) is 31.3 Å². The van der Waals surface area contributed by atoms with E-state index in [-0.39, 0.29) is 22.5 Å². The van der Waals surface area contributed by atoms with Gasteiger partial charge in [-0.25, -0.2) is 4.39 Å². The summed E-state index contributed by atoms with van der Waals surface area (Å²) in [4.78, 5) is 29.0. The van der Waals surface area contributed by atoms with Crippen LogP contribution >= 0.6 is 0 Å². The molecule has 3 N–H and O–H groups in total. The normalized spacial score (nSPS) is 15.9. The van der Waals surface area contributed by atoms with Crippen LogP contribution in [-0.4, -0.2) is 9.97 Å². The first-order chi connectivity index (χ1) is 12.1. The summed E-state index contributed by atoms with van der Waals surface area (Å²) in [5.41, 5.74) is 1.56. The molecule has 1 aromatic carbocycles. The third-order valence-electron chi connectivity index (χ3n) is 5.05. The molecular weight excluding hydrogens is 321 g/mol. The fourth-order valence-electron chi connectivity index (χ4n) is 3.42. The van der Waals surface area contributed by atoms with Gasteiger partial charge in [0.2, 0.25) is 5.56 Å². The van der Waals surface area contributed by atoms with E-state index in [0.717, 1.165) is 30.2 Å². The minimum Gasteiger partial charge on any atom is -0.329 e. The molecule has 1 aliphatic rings. The molecule has 25 heavy (non-hydrogen) atoms. The monoisotopic (exact) mass is 339 g/mol. The number of hydrogen-bond acceptors (Lipinski definition) is 3. The first kappa shape index (κ1) is 15.8. The van der Waals surface area contributed by atoms with Gasteiger partial charge < -0.3 is 15.3 Å². The summed E-state index contributed by atoms with van der Waals surface area (Å²) in [5, 5.41) is 4.28. The van der Waals surface area contributed by atoms with Crippen LogP contribution in [0.2, 0.25) is 0 Å². The van der Waals surface area contributed by atoms with Crippen molar-refractivity contribution in [1.82, 2.24) is 15.3 Å². The summed E-state index contributed by atoms with van der Waals surface area (Å²) in [7, 11) is 0. The lowest BCUT2D eigenvalue weighted by Gasteiger charge is -2.43. The Morgan fingerprint density at radius 3 is 2.64 bits per heavy atom. The van der Waals surface area contributed by atoms with E-state index in [0.29, 0.717) is 17.6 Å². The smallest absolute Gasteiger partial charge is 0.252 e. The van der Waals surface area contributed by atoms with Crippen molar-refractivity contribution in [2.24, 2.45) is 0 Å². The second-order valence-electron chi connectivity index (χ2n) is 6.59. The molecule has 6 heteroatoms. The molecule has 0 saturated heterocycles. The molecule has 1 saturated carbocycles. The van der Waals surface area contributed by atoms with Gasteiger partial charge in [0.25, 0.3) is 5.56 Å². The minimum atomic E-state index is -0.375. The standard InChI is InChI=1S/C19H18FN3O2/c20-15-4-2-12-8-13(18(25)23-16(12)9-15)10-22-19(6-1-7-19)14-3-5-17(24)21-11-14/h2-5,8-9,11,22H,1,6-7,10H2,(H,21,24)(H,23,25). The van der Waals surface area contributed by atoms with Crippen LogP contribution in [-0.2, 0) is 12.1 Å². The number of hydrogen-bond donors (Lipinski definition) is 3. The lowest BCUT2D eigenvalue weighted by atomic mass is 9.72. The Labute approximate surface area is 142 Å². The topological polar surface area (TPSA) is 77.8 Å². The molecule has 0 amide bonds. The van der Waals surface area contributed by atoms with Gasteiger partial charge in [0.15, 0.2) is 0 Å². The predicted molar refractivity (Wildman–Crippen MR) is 94.0 cm³/mol. The van der Waals surface area contributed by atoms with Gasteiger partial charge in [0.1, 0.15) is 5.82 Å². The van der Waals surface area contributed by atoms with Crippen LogP contribution in [0.3, 0.4) is 0 Å². The Balaban J connectivity index is 1.61. The van der Waals surface area contributed by atoms with E-state index < -0.39 is 0 Å². The summed E-state index contributed by atoms with van der Waals surface area (Å²) in [6, 6.07) is 9.51. The number of aromatic nitrogens is 2. The lowest BCUT2D eigenvalue weighted by molar-refractivity contribution is 0.182. The van der Waals surface area contributed by atoms with Gasteiger partial charge in [0.05, 0.1) is 5.52 Å². The van der Waals surface area contributed by atoms with Crippen LogP contribution in [0, 0.1) is 5.82 Å². The van der Waals surface area contributed by atoms with Gasteiger partial charge in [-0.1, -0.05) is 6.07 Å². The summed E-state index contributed by atoms with van der Waals surface area (Å²) in [5.74, 6) is -0.375. The molecule has 3 aromatic rings. The first-order valence-corrected chi connectivity index (χ1v) is 8.31. The third kappa shape index (κ3) is 2.89. The van der Waals surface area contributed by atoms with Crippen LogP contribution in [0.5, 0.6) is 0 Å². The maximum Gasteiger partial charge on any atom is 0.252 e. The van der Waals surface area contributed by atoms with Crippen LogP contribution in [0.4, 0.5) is 4.39 Å². The fraction of sp³-hybridized carbons (Fsp3) is 0.263. The van der Waals surface area contributed by atoms with Gasteiger partial charge in [-0.05, 0) is 54.5 Å². The Morgan fingerprint density at radius 1 is 1.12 bits per heavy atom. The maximum absolute atomic E-state index is 13.3. The summed E-state index contributed by atoms with van der Waals surface area (Å²) >= 11 is 0. The first-order valence-electron chi connectivity index (χ1n) is 8.31. The van der Waals surface area contributed by atoms with E-state index in [1.807, 2.05) is 6.07 Å². The molecule has 0 aliphatic heterocycles. The van der Waals surface area contributed by atoms with Crippen molar-refractivity contribution in [3.05, 3.63) is 80.2 Å². The highest BCUT2D eigenvalue weighted by Gasteiger charge is 2.38. The van der Waals surface area contributed by atoms with Gasteiger partial charge in [0, 0.05) is 29.9 Å². The number of H-pyrrole nitrogens is 2. The van der Waals surface area contributed by atoms with Crippen LogP contribution in [0.25, 0.3) is 10.9 Å². The van der Waals surface area contributed by atoms with E-state index in [1.54, 1.807) is 18.3 Å². The second kappa shape index (κ2) is 5.97. The Bertz CT molecular complexity index is 1030. The van der Waals surface area contributed by atoms with E-state index in [1.165, 1.54) is 18.2 Å². The molecule has 0 radical (unpaired) electrons. The molecule has 0 bridgehead atoms. The second-order valence-corrected chi connectivity index (χ2v) is 6.59. The quantitative estimate of drug-likeness (QED) is 0.683. The Hall–Kier alpha value is -2.73. The van der Waals surface area contributed by atoms with Crippen molar-refractivity contribution in [1.29, 1.82) is 0 Å². The molecule has 0 atom stereocenters. The van der Waals surface area contributed by atoms with Crippen molar-refractivity contribution >= 4 is 10.9 Å². The van der Waals surface area contributed by atoms with Crippen LogP contribution in [0.15, 0.2) is 52.2 Å². The van der Waals surface area contributed by atoms with Gasteiger partial charge in [-0.2, -0.15) is 0 Å². The number of nitrogens with one attached hydrogen (secondary N) is 3. The van der Waals surface area contributed by atoms with Crippen LogP contribution < -0.4 is 16.4 Å². The molecule has 4 rings (SSSR count). The van der Waals surface area contributed by atoms with E-state index >= 15 is 0 Å². The van der Waals surface area contributed by atoms with Crippen molar-refractivity contribution in [2.75, 3.05) is 0 Å². The highest BCUT2D eigenvalue weighted by Crippen LogP contribution is 2.40. The molecule has 1 fully saturated rings. The number of fused-ring (bicyclic) bond motifs is 1. The Kier molecular flexibility index (Phi) is 3.77. The van der Waals surface area contributed by atoms with Gasteiger partial charge in [-0.3, -0.25) is 9.59 Å². The summed E-state index contributed by atoms with van der Waals surface area (Å²) < 4.78 is 13.3. The third-order valence-corrected chi connectivity index (χ3v) is 5.05. The molecule has 1 aliphatic carbocycles. The van der Waals surface area contributed by atoms with E-state index in [4.69, 9.17) is 0 Å². The molecule has 2 heterocycles. The van der Waals surface area contributed by atoms with Crippen molar-refractivity contribution in [3.63, 3.8) is 0 Å². The number of pyridine rings is 2. The summed E-state index contributed by atoms with van der Waals surface area (Å²) in [6.07, 6.45) is 4.74. The van der Waals surface area contributed by atoms with Crippen LogP contribution in [0.1, 0.15) is 30.4 Å². The van der Waals surface area contributed by atoms with Gasteiger partial charge in [-0.15, -0.1) is 0 Å². The molecule has 0 spiro atoms. The highest BCUT2D eigenvalue weighted by atomic mass is 19.1. The number of aromatic amines is 2. The molecule has 0 unspecified atom stereocenters. The van der Waals surface area contributed by atoms with E-state index in [9.17, 15) is 14.0 Å². The number of halogens is 1. The van der Waals surface area contributed by atoms with Crippen molar-refractivity contribution in [3.8, 4) is 0 Å². The number of benzene rings is 1. The largest absolute Gasteiger partial charge is 0.329 e. The zero-order valence-corrected chi connectivity index (χ0v) is 13.6. The average molecular weight is 339 g/mol. The molecule has 2 aromatic heterocycles. The lowest BCUT2D eigenvalue weighted by Crippen LogP contribution is -2.48. The average Bonchev–Trinajstić information content (AvgIpc) is 2.55. The Morgan fingerprint density at radius 2 is 1.96 bits per heavy atom.